The third-order valence-corrected chi connectivity index (χ3v) is 0.474. The van der Waals surface area contributed by atoms with E-state index in [0.29, 0.717) is 0 Å². The molecule has 0 saturated heterocycles. The van der Waals surface area contributed by atoms with Gasteiger partial charge in [0.25, 0.3) is 0 Å². The molecule has 0 spiro atoms. The van der Waals surface area contributed by atoms with Crippen molar-refractivity contribution in [2.24, 2.45) is 0 Å². The van der Waals surface area contributed by atoms with Crippen LogP contribution in [0.25, 0.3) is 0 Å². The van der Waals surface area contributed by atoms with Gasteiger partial charge in [-0.05, 0) is 0 Å². The molecule has 0 radical (unpaired) electrons. The van der Waals surface area contributed by atoms with Gasteiger partial charge in [-0.2, -0.15) is 0 Å². The molecule has 0 aliphatic carbocycles. The molecule has 0 amide bonds. The van der Waals surface area contributed by atoms with Crippen molar-refractivity contribution in [2.75, 3.05) is 6.66 Å². The van der Waals surface area contributed by atoms with Gasteiger partial charge in [-0.3, -0.25) is 0 Å². The van der Waals surface area contributed by atoms with Gasteiger partial charge in [0.05, 0.1) is 0 Å². The van der Waals surface area contributed by atoms with Crippen LogP contribution in [0, 0.1) is 11.1 Å². The fourth-order valence-corrected chi connectivity index (χ4v) is 0. The average Bonchev–Trinajstić information content (AvgIpc) is 1.37. The first-order valence-electron chi connectivity index (χ1n) is 1.28. The standard InChI is InChI=1S/C2H6NP/c1-4-2-3/h1,4H3. The molecule has 0 unspecified atom stereocenters. The van der Waals surface area contributed by atoms with E-state index in [2.05, 4.69) is 5.81 Å². The van der Waals surface area contributed by atoms with Crippen LogP contribution in [0.4, 0.5) is 0 Å². The average molecular weight is 75.1 g/mol. The van der Waals surface area contributed by atoms with Gasteiger partial charge >= 0.3 is 26.3 Å². The number of nitriles is 1. The van der Waals surface area contributed by atoms with Crippen molar-refractivity contribution in [3.8, 4) is 5.81 Å². The zero-order valence-corrected chi connectivity index (χ0v) is 4.07. The number of nitrogens with zero attached hydrogens (tertiary/aromatic N) is 1. The Kier molecular flexibility index (Phi) is 2.86. The molecule has 4 heavy (non-hydrogen) atoms. The molecular formula is C2H6NP. The summed E-state index contributed by atoms with van der Waals surface area (Å²) < 4.78 is 0. The second kappa shape index (κ2) is 2.92. The van der Waals surface area contributed by atoms with E-state index in [4.69, 9.17) is 5.26 Å². The predicted octanol–water partition coefficient (Wildman–Crippen LogP) is 0.240. The number of rotatable bonds is 0. The second-order valence-electron chi connectivity index (χ2n) is 0.512. The first-order chi connectivity index (χ1) is 1.91. The fourth-order valence-electron chi connectivity index (χ4n) is 0. The van der Waals surface area contributed by atoms with Crippen molar-refractivity contribution in [3.05, 3.63) is 0 Å². The Morgan fingerprint density at radius 3 is 2.25 bits per heavy atom. The molecular weight excluding hydrogens is 69.0 g/mol. The summed E-state index contributed by atoms with van der Waals surface area (Å²) in [5.74, 6) is 2.07. The van der Waals surface area contributed by atoms with E-state index in [0.717, 1.165) is 0 Å². The number of hydrogen-bond donors (Lipinski definition) is 0. The summed E-state index contributed by atoms with van der Waals surface area (Å²) in [5.41, 5.74) is 0. The molecule has 0 N–H and O–H groups in total. The van der Waals surface area contributed by atoms with Gasteiger partial charge in [-0.1, -0.05) is 0 Å². The molecule has 0 bridgehead atoms. The van der Waals surface area contributed by atoms with Crippen molar-refractivity contribution < 1.29 is 0 Å². The molecule has 1 nitrogen and oxygen atoms in total. The maximum absolute atomic E-state index is 7.69. The van der Waals surface area contributed by atoms with E-state index in [1.54, 1.807) is 0 Å². The Morgan fingerprint density at radius 1 is 2.00 bits per heavy atom. The van der Waals surface area contributed by atoms with Gasteiger partial charge in [0, 0.05) is 0 Å². The zero-order valence-electron chi connectivity index (χ0n) is 2.65. The summed E-state index contributed by atoms with van der Waals surface area (Å²) >= 11 is 0. The summed E-state index contributed by atoms with van der Waals surface area (Å²) in [7, 11) is -0.270. The topological polar surface area (TPSA) is 23.8 Å². The van der Waals surface area contributed by atoms with Crippen molar-refractivity contribution in [2.45, 2.75) is 0 Å². The quantitative estimate of drug-likeness (QED) is 0.378. The predicted molar refractivity (Wildman–Crippen MR) is 22.6 cm³/mol. The van der Waals surface area contributed by atoms with Gasteiger partial charge < -0.3 is 0 Å². The summed E-state index contributed by atoms with van der Waals surface area (Å²) in [6, 6.07) is 0. The van der Waals surface area contributed by atoms with Crippen molar-refractivity contribution in [1.82, 2.24) is 0 Å². The molecule has 0 saturated carbocycles. The third kappa shape index (κ3) is 1.92. The summed E-state index contributed by atoms with van der Waals surface area (Å²) in [6.45, 7) is 1.96. The molecule has 0 aromatic rings. The van der Waals surface area contributed by atoms with E-state index in [9.17, 15) is 0 Å². The third-order valence-electron chi connectivity index (χ3n) is 0.158. The Morgan fingerprint density at radius 2 is 2.25 bits per heavy atom. The van der Waals surface area contributed by atoms with Crippen molar-refractivity contribution in [1.29, 1.82) is 5.26 Å². The number of hydrogen-bond acceptors (Lipinski definition) is 1. The van der Waals surface area contributed by atoms with Gasteiger partial charge in [-0.15, -0.1) is 0 Å². The van der Waals surface area contributed by atoms with Crippen molar-refractivity contribution >= 4 is 8.58 Å². The zero-order chi connectivity index (χ0) is 3.41. The van der Waals surface area contributed by atoms with Crippen LogP contribution < -0.4 is 0 Å². The molecule has 0 rings (SSSR count). The van der Waals surface area contributed by atoms with Crippen LogP contribution in [-0.2, 0) is 0 Å². The Labute approximate surface area is 27.4 Å². The van der Waals surface area contributed by atoms with Gasteiger partial charge in [-0.25, -0.2) is 0 Å². The normalized spacial score (nSPS) is 6.00. The van der Waals surface area contributed by atoms with Crippen LogP contribution >= 0.6 is 8.58 Å². The molecule has 2 heteroatoms. The minimum atomic E-state index is -0.270. The Hall–Kier alpha value is -0.0800. The van der Waals surface area contributed by atoms with E-state index in [1.807, 2.05) is 6.66 Å². The van der Waals surface area contributed by atoms with Crippen LogP contribution in [0.1, 0.15) is 0 Å². The SMILES string of the molecule is C[PH3]C#N. The minimum absolute atomic E-state index is 0.270. The molecule has 0 fully saturated rings. The van der Waals surface area contributed by atoms with E-state index >= 15 is 0 Å². The van der Waals surface area contributed by atoms with E-state index in [-0.39, 0.29) is 8.58 Å². The molecule has 0 aliphatic rings. The first kappa shape index (κ1) is 3.92. The van der Waals surface area contributed by atoms with Gasteiger partial charge in [0.2, 0.25) is 0 Å². The van der Waals surface area contributed by atoms with E-state index < -0.39 is 0 Å². The summed E-state index contributed by atoms with van der Waals surface area (Å²) in [5, 5.41) is 7.69. The monoisotopic (exact) mass is 75.0 g/mol. The first-order valence-corrected chi connectivity index (χ1v) is 3.41. The van der Waals surface area contributed by atoms with Crippen molar-refractivity contribution in [3.63, 3.8) is 0 Å². The molecule has 0 heterocycles. The summed E-state index contributed by atoms with van der Waals surface area (Å²) in [4.78, 5) is 0. The molecule has 24 valence electrons. The fraction of sp³-hybridized carbons (Fsp3) is 0.500. The van der Waals surface area contributed by atoms with Crippen LogP contribution in [-0.4, -0.2) is 6.66 Å². The molecule has 0 aliphatic heterocycles. The van der Waals surface area contributed by atoms with Crippen LogP contribution in [0.5, 0.6) is 0 Å². The Balaban J connectivity index is 2.43. The molecule has 0 aromatic heterocycles. The van der Waals surface area contributed by atoms with Gasteiger partial charge in [0.1, 0.15) is 0 Å². The second-order valence-corrected chi connectivity index (χ2v) is 1.54. The van der Waals surface area contributed by atoms with Crippen LogP contribution in [0.2, 0.25) is 0 Å². The Bertz CT molecular complexity index is 35.8. The maximum atomic E-state index is 7.69. The van der Waals surface area contributed by atoms with Crippen LogP contribution in [0.15, 0.2) is 0 Å². The van der Waals surface area contributed by atoms with E-state index in [1.165, 1.54) is 0 Å². The van der Waals surface area contributed by atoms with Gasteiger partial charge in [0.15, 0.2) is 0 Å². The van der Waals surface area contributed by atoms with Crippen LogP contribution in [0.3, 0.4) is 0 Å². The molecule has 0 atom stereocenters. The molecule has 0 aromatic carbocycles. The summed E-state index contributed by atoms with van der Waals surface area (Å²) in [6.07, 6.45) is 0.